The standard InChI is InChI=1S/C11H17ClN2O3/c1-11(6-15,7-16)5-14(2)10(17)9-3-8(12)4-13-9/h3-4,13,15-16H,5-7H2,1-2H3. The van der Waals surface area contributed by atoms with E-state index in [1.165, 1.54) is 17.2 Å². The Morgan fingerprint density at radius 3 is 2.53 bits per heavy atom. The lowest BCUT2D eigenvalue weighted by atomic mass is 9.92. The number of rotatable bonds is 5. The van der Waals surface area contributed by atoms with Gasteiger partial charge in [-0.25, -0.2) is 0 Å². The normalized spacial score (nSPS) is 11.6. The number of aromatic amines is 1. The molecule has 3 N–H and O–H groups in total. The molecule has 96 valence electrons. The maximum Gasteiger partial charge on any atom is 0.270 e. The summed E-state index contributed by atoms with van der Waals surface area (Å²) in [6.07, 6.45) is 1.53. The van der Waals surface area contributed by atoms with E-state index in [0.717, 1.165) is 0 Å². The van der Waals surface area contributed by atoms with Crippen LogP contribution in [-0.2, 0) is 0 Å². The molecule has 1 aromatic rings. The number of carbonyl (C=O) groups excluding carboxylic acids is 1. The highest BCUT2D eigenvalue weighted by molar-refractivity contribution is 6.30. The first-order chi connectivity index (χ1) is 7.91. The lowest BCUT2D eigenvalue weighted by Crippen LogP contribution is -2.41. The third kappa shape index (κ3) is 3.46. The van der Waals surface area contributed by atoms with E-state index < -0.39 is 5.41 Å². The monoisotopic (exact) mass is 260 g/mol. The van der Waals surface area contributed by atoms with Gasteiger partial charge in [0.1, 0.15) is 5.69 Å². The van der Waals surface area contributed by atoms with Crippen molar-refractivity contribution in [1.29, 1.82) is 0 Å². The summed E-state index contributed by atoms with van der Waals surface area (Å²) in [5, 5.41) is 18.8. The molecule has 0 unspecified atom stereocenters. The number of H-pyrrole nitrogens is 1. The molecule has 1 heterocycles. The number of nitrogens with one attached hydrogen (secondary N) is 1. The molecule has 0 fully saturated rings. The van der Waals surface area contributed by atoms with Crippen LogP contribution in [0.5, 0.6) is 0 Å². The smallest absolute Gasteiger partial charge is 0.270 e. The Hall–Kier alpha value is -1.04. The average Bonchev–Trinajstić information content (AvgIpc) is 2.74. The third-order valence-electron chi connectivity index (χ3n) is 2.61. The Labute approximate surface area is 105 Å². The fourth-order valence-electron chi connectivity index (χ4n) is 1.49. The molecule has 5 nitrogen and oxygen atoms in total. The van der Waals surface area contributed by atoms with Crippen LogP contribution in [0.3, 0.4) is 0 Å². The molecule has 0 radical (unpaired) electrons. The molecule has 0 atom stereocenters. The Morgan fingerprint density at radius 2 is 2.12 bits per heavy atom. The molecule has 0 aliphatic heterocycles. The molecule has 0 bridgehead atoms. The van der Waals surface area contributed by atoms with Crippen molar-refractivity contribution in [2.24, 2.45) is 5.41 Å². The van der Waals surface area contributed by atoms with Gasteiger partial charge in [0.05, 0.1) is 18.2 Å². The van der Waals surface area contributed by atoms with Crippen molar-refractivity contribution in [3.05, 3.63) is 23.0 Å². The summed E-state index contributed by atoms with van der Waals surface area (Å²) in [6, 6.07) is 1.54. The van der Waals surface area contributed by atoms with Crippen molar-refractivity contribution in [1.82, 2.24) is 9.88 Å². The number of hydrogen-bond donors (Lipinski definition) is 3. The van der Waals surface area contributed by atoms with Gasteiger partial charge in [-0.1, -0.05) is 18.5 Å². The van der Waals surface area contributed by atoms with E-state index in [4.69, 9.17) is 21.8 Å². The van der Waals surface area contributed by atoms with Gasteiger partial charge in [-0.2, -0.15) is 0 Å². The lowest BCUT2D eigenvalue weighted by molar-refractivity contribution is 0.0364. The number of aromatic nitrogens is 1. The van der Waals surface area contributed by atoms with E-state index in [1.54, 1.807) is 14.0 Å². The van der Waals surface area contributed by atoms with Crippen LogP contribution >= 0.6 is 11.6 Å². The quantitative estimate of drug-likeness (QED) is 0.731. The zero-order valence-corrected chi connectivity index (χ0v) is 10.7. The Bertz CT molecular complexity index is 388. The molecule has 0 saturated carbocycles. The first-order valence-electron chi connectivity index (χ1n) is 5.23. The van der Waals surface area contributed by atoms with Crippen LogP contribution in [0.2, 0.25) is 5.02 Å². The molecular formula is C11H17ClN2O3. The van der Waals surface area contributed by atoms with Gasteiger partial charge >= 0.3 is 0 Å². The number of aliphatic hydroxyl groups excluding tert-OH is 2. The summed E-state index contributed by atoms with van der Waals surface area (Å²) in [7, 11) is 1.61. The van der Waals surface area contributed by atoms with Gasteiger partial charge in [0.25, 0.3) is 5.91 Å². The van der Waals surface area contributed by atoms with Crippen LogP contribution in [0.25, 0.3) is 0 Å². The van der Waals surface area contributed by atoms with Crippen molar-refractivity contribution in [2.75, 3.05) is 26.8 Å². The summed E-state index contributed by atoms with van der Waals surface area (Å²) in [5.74, 6) is -0.231. The number of halogens is 1. The van der Waals surface area contributed by atoms with Crippen molar-refractivity contribution in [2.45, 2.75) is 6.92 Å². The first kappa shape index (κ1) is 14.0. The second-order valence-corrected chi connectivity index (χ2v) is 4.96. The van der Waals surface area contributed by atoms with Crippen molar-refractivity contribution in [3.8, 4) is 0 Å². The number of hydrogen-bond acceptors (Lipinski definition) is 3. The molecule has 17 heavy (non-hydrogen) atoms. The second kappa shape index (κ2) is 5.53. The average molecular weight is 261 g/mol. The van der Waals surface area contributed by atoms with Crippen LogP contribution < -0.4 is 0 Å². The fraction of sp³-hybridized carbons (Fsp3) is 0.545. The number of carbonyl (C=O) groups is 1. The summed E-state index contributed by atoms with van der Waals surface area (Å²) in [5.41, 5.74) is -0.323. The minimum atomic E-state index is -0.708. The molecule has 1 amide bonds. The molecule has 0 aromatic carbocycles. The molecule has 0 saturated heterocycles. The van der Waals surface area contributed by atoms with E-state index >= 15 is 0 Å². The third-order valence-corrected chi connectivity index (χ3v) is 2.83. The molecule has 1 rings (SSSR count). The lowest BCUT2D eigenvalue weighted by Gasteiger charge is -2.30. The van der Waals surface area contributed by atoms with Crippen LogP contribution in [-0.4, -0.2) is 52.8 Å². The molecule has 1 aromatic heterocycles. The van der Waals surface area contributed by atoms with Crippen LogP contribution in [0.15, 0.2) is 12.3 Å². The maximum atomic E-state index is 11.9. The maximum absolute atomic E-state index is 11.9. The van der Waals surface area contributed by atoms with Gasteiger partial charge in [-0.3, -0.25) is 4.79 Å². The van der Waals surface area contributed by atoms with Crippen molar-refractivity contribution >= 4 is 17.5 Å². The topological polar surface area (TPSA) is 76.6 Å². The Morgan fingerprint density at radius 1 is 1.53 bits per heavy atom. The van der Waals surface area contributed by atoms with Gasteiger partial charge in [-0.15, -0.1) is 0 Å². The van der Waals surface area contributed by atoms with Crippen LogP contribution in [0.4, 0.5) is 0 Å². The highest BCUT2D eigenvalue weighted by Gasteiger charge is 2.27. The van der Waals surface area contributed by atoms with Crippen LogP contribution in [0, 0.1) is 5.41 Å². The predicted molar refractivity (Wildman–Crippen MR) is 65.0 cm³/mol. The minimum Gasteiger partial charge on any atom is -0.396 e. The number of amides is 1. The molecule has 6 heteroatoms. The van der Waals surface area contributed by atoms with Gasteiger partial charge < -0.3 is 20.1 Å². The second-order valence-electron chi connectivity index (χ2n) is 4.52. The highest BCUT2D eigenvalue weighted by Crippen LogP contribution is 2.17. The van der Waals surface area contributed by atoms with Gasteiger partial charge in [0.15, 0.2) is 0 Å². The molecule has 0 aliphatic rings. The van der Waals surface area contributed by atoms with Crippen molar-refractivity contribution in [3.63, 3.8) is 0 Å². The highest BCUT2D eigenvalue weighted by atomic mass is 35.5. The number of nitrogens with zero attached hydrogens (tertiary/aromatic N) is 1. The largest absolute Gasteiger partial charge is 0.396 e. The Kier molecular flexibility index (Phi) is 4.56. The van der Waals surface area contributed by atoms with E-state index in [0.29, 0.717) is 10.7 Å². The summed E-state index contributed by atoms with van der Waals surface area (Å²) in [6.45, 7) is 1.59. The summed E-state index contributed by atoms with van der Waals surface area (Å²) >= 11 is 5.71. The van der Waals surface area contributed by atoms with Gasteiger partial charge in [0.2, 0.25) is 0 Å². The fourth-order valence-corrected chi connectivity index (χ4v) is 1.66. The number of aliphatic hydroxyl groups is 2. The van der Waals surface area contributed by atoms with E-state index in [1.807, 2.05) is 0 Å². The summed E-state index contributed by atoms with van der Waals surface area (Å²) < 4.78 is 0. The van der Waals surface area contributed by atoms with E-state index in [9.17, 15) is 4.79 Å². The summed E-state index contributed by atoms with van der Waals surface area (Å²) in [4.78, 5) is 16.1. The van der Waals surface area contributed by atoms with Crippen molar-refractivity contribution < 1.29 is 15.0 Å². The molecule has 0 spiro atoms. The van der Waals surface area contributed by atoms with E-state index in [-0.39, 0.29) is 25.7 Å². The zero-order chi connectivity index (χ0) is 13.1. The first-order valence-corrected chi connectivity index (χ1v) is 5.61. The van der Waals surface area contributed by atoms with Gasteiger partial charge in [0, 0.05) is 25.2 Å². The Balaban J connectivity index is 2.71. The SMILES string of the molecule is CN(CC(C)(CO)CO)C(=O)c1cc(Cl)c[nH]1. The van der Waals surface area contributed by atoms with Gasteiger partial charge in [-0.05, 0) is 6.07 Å². The molecule has 0 aliphatic carbocycles. The zero-order valence-electron chi connectivity index (χ0n) is 9.90. The minimum absolute atomic E-state index is 0.188. The van der Waals surface area contributed by atoms with E-state index in [2.05, 4.69) is 4.98 Å². The molecular weight excluding hydrogens is 244 g/mol. The van der Waals surface area contributed by atoms with Crippen LogP contribution in [0.1, 0.15) is 17.4 Å². The predicted octanol–water partition coefficient (Wildman–Crippen LogP) is 0.731.